The number of aryl methyl sites for hydroxylation is 1. The third-order valence-corrected chi connectivity index (χ3v) is 7.55. The Bertz CT molecular complexity index is 792. The first kappa shape index (κ1) is 36.8. The van der Waals surface area contributed by atoms with Gasteiger partial charge in [-0.15, -0.1) is 0 Å². The summed E-state index contributed by atoms with van der Waals surface area (Å²) in [5, 5.41) is 0. The van der Waals surface area contributed by atoms with Crippen LogP contribution in [0.5, 0.6) is 0 Å². The number of anilines is 1. The average molecular weight is 675 g/mol. The van der Waals surface area contributed by atoms with Gasteiger partial charge in [0.05, 0.1) is 25.0 Å². The quantitative estimate of drug-likeness (QED) is 0.110. The predicted molar refractivity (Wildman–Crippen MR) is 156 cm³/mol. The van der Waals surface area contributed by atoms with E-state index in [-0.39, 0.29) is 42.6 Å². The normalized spacial score (nSPS) is 16.5. The second-order valence-corrected chi connectivity index (χ2v) is 11.0. The van der Waals surface area contributed by atoms with Crippen LogP contribution in [0, 0.1) is 5.92 Å². The molecule has 0 N–H and O–H groups in total. The van der Waals surface area contributed by atoms with Gasteiger partial charge in [0, 0.05) is 31.6 Å². The van der Waals surface area contributed by atoms with E-state index in [1.807, 2.05) is 23.9 Å². The molecule has 2 heterocycles. The van der Waals surface area contributed by atoms with Crippen molar-refractivity contribution in [2.45, 2.75) is 130 Å². The van der Waals surface area contributed by atoms with Crippen LogP contribution < -0.4 is 33.4 Å². The highest BCUT2D eigenvalue weighted by Gasteiger charge is 2.29. The van der Waals surface area contributed by atoms with Gasteiger partial charge in [-0.25, -0.2) is 14.3 Å². The van der Waals surface area contributed by atoms with Crippen LogP contribution in [0.1, 0.15) is 117 Å². The van der Waals surface area contributed by atoms with E-state index >= 15 is 0 Å². The van der Waals surface area contributed by atoms with Crippen molar-refractivity contribution in [2.75, 3.05) is 31.3 Å². The highest BCUT2D eigenvalue weighted by molar-refractivity contribution is 6.11. The number of rotatable bonds is 21. The maximum absolute atomic E-state index is 12.6. The molecular weight excluding hydrogens is 619 g/mol. The van der Waals surface area contributed by atoms with Gasteiger partial charge in [-0.1, -0.05) is 90.4 Å². The van der Waals surface area contributed by atoms with Gasteiger partial charge in [0.25, 0.3) is 0 Å². The van der Waals surface area contributed by atoms with Gasteiger partial charge in [-0.05, 0) is 19.8 Å². The van der Waals surface area contributed by atoms with Gasteiger partial charge < -0.3 is 38.2 Å². The highest BCUT2D eigenvalue weighted by atomic mass is 127. The Morgan fingerprint density at radius 1 is 0.875 bits per heavy atom. The fourth-order valence-electron chi connectivity index (χ4n) is 5.11. The number of hydrogen-bond donors (Lipinski definition) is 0. The smallest absolute Gasteiger partial charge is 0.421 e. The first-order valence-electron chi connectivity index (χ1n) is 15.7. The Kier molecular flexibility index (Phi) is 21.4. The summed E-state index contributed by atoms with van der Waals surface area (Å²) >= 11 is 0. The first-order chi connectivity index (χ1) is 19.0. The molecular formula is C32H55IN2O5. The zero-order valence-corrected chi connectivity index (χ0v) is 27.6. The van der Waals surface area contributed by atoms with Crippen molar-refractivity contribution >= 4 is 17.7 Å². The molecule has 230 valence electrons. The van der Waals surface area contributed by atoms with Crippen LogP contribution in [0.2, 0.25) is 0 Å². The molecule has 1 aliphatic heterocycles. The number of unbranched alkanes of at least 4 members (excludes halogenated alkanes) is 13. The van der Waals surface area contributed by atoms with Gasteiger partial charge in [-0.2, -0.15) is 0 Å². The largest absolute Gasteiger partial charge is 1.00 e. The fourth-order valence-corrected chi connectivity index (χ4v) is 5.11. The van der Waals surface area contributed by atoms with Crippen LogP contribution in [0.3, 0.4) is 0 Å². The number of amides is 2. The van der Waals surface area contributed by atoms with E-state index in [0.29, 0.717) is 24.8 Å². The average Bonchev–Trinajstić information content (AvgIpc) is 3.39. The Labute approximate surface area is 260 Å². The second-order valence-electron chi connectivity index (χ2n) is 11.0. The van der Waals surface area contributed by atoms with Gasteiger partial charge in [0.1, 0.15) is 13.2 Å². The molecule has 8 heteroatoms. The zero-order chi connectivity index (χ0) is 28.1. The van der Waals surface area contributed by atoms with E-state index in [1.165, 1.54) is 90.4 Å². The summed E-state index contributed by atoms with van der Waals surface area (Å²) in [6, 6.07) is 3.48. The standard InChI is InChI=1S/C32H55N2O5.HI/c1-4-6-7-8-9-10-11-12-13-14-15-16-17-18-23-37-25-29-24-31(38-26-29)27-39-32(36)34(28(3)35)30-19-21-33(5-2)22-20-30;/h19-22,29,31H,4-18,23-27H2,1-3H3;1H/q+1;/p-1. The molecule has 1 aromatic heterocycles. The molecule has 1 aliphatic rings. The summed E-state index contributed by atoms with van der Waals surface area (Å²) in [6.07, 6.45) is 22.7. The molecule has 0 radical (unpaired) electrons. The Hall–Kier alpha value is -1.26. The van der Waals surface area contributed by atoms with Crippen molar-refractivity contribution in [3.05, 3.63) is 24.5 Å². The molecule has 0 aromatic carbocycles. The molecule has 1 fully saturated rings. The summed E-state index contributed by atoms with van der Waals surface area (Å²) < 4.78 is 19.1. The van der Waals surface area contributed by atoms with Crippen LogP contribution in [-0.4, -0.2) is 44.5 Å². The molecule has 1 aromatic rings. The van der Waals surface area contributed by atoms with E-state index in [4.69, 9.17) is 14.2 Å². The van der Waals surface area contributed by atoms with Crippen molar-refractivity contribution in [1.29, 1.82) is 0 Å². The molecule has 1 saturated heterocycles. The lowest BCUT2D eigenvalue weighted by Crippen LogP contribution is -3.00. The molecule has 2 rings (SSSR count). The number of imide groups is 1. The number of halogens is 1. The van der Waals surface area contributed by atoms with Crippen molar-refractivity contribution in [1.82, 2.24) is 0 Å². The molecule has 0 aliphatic carbocycles. The Balaban J connectivity index is 0.00000800. The van der Waals surface area contributed by atoms with Crippen molar-refractivity contribution in [2.24, 2.45) is 5.92 Å². The molecule has 40 heavy (non-hydrogen) atoms. The molecule has 7 nitrogen and oxygen atoms in total. The summed E-state index contributed by atoms with van der Waals surface area (Å²) in [5.74, 6) is -0.0563. The number of hydrogen-bond acceptors (Lipinski definition) is 5. The first-order valence-corrected chi connectivity index (χ1v) is 15.7. The third kappa shape index (κ3) is 15.7. The number of carbonyl (C=O) groups excluding carboxylic acids is 2. The summed E-state index contributed by atoms with van der Waals surface area (Å²) in [7, 11) is 0. The van der Waals surface area contributed by atoms with E-state index in [1.54, 1.807) is 12.1 Å². The Morgan fingerprint density at radius 2 is 1.43 bits per heavy atom. The van der Waals surface area contributed by atoms with Crippen molar-refractivity contribution in [3.63, 3.8) is 0 Å². The molecule has 2 unspecified atom stereocenters. The zero-order valence-electron chi connectivity index (χ0n) is 25.4. The molecule has 0 saturated carbocycles. The number of pyridine rings is 1. The van der Waals surface area contributed by atoms with E-state index < -0.39 is 6.09 Å². The third-order valence-electron chi connectivity index (χ3n) is 7.55. The van der Waals surface area contributed by atoms with Crippen LogP contribution in [0.25, 0.3) is 0 Å². The van der Waals surface area contributed by atoms with Gasteiger partial charge in [0.15, 0.2) is 12.4 Å². The van der Waals surface area contributed by atoms with Crippen molar-refractivity contribution < 1.29 is 52.3 Å². The maximum Gasteiger partial charge on any atom is 0.421 e. The van der Waals surface area contributed by atoms with Gasteiger partial charge in [-0.3, -0.25) is 4.79 Å². The van der Waals surface area contributed by atoms with Crippen molar-refractivity contribution in [3.8, 4) is 0 Å². The lowest BCUT2D eigenvalue weighted by atomic mass is 10.0. The molecule has 0 spiro atoms. The van der Waals surface area contributed by atoms with Crippen LogP contribution in [0.15, 0.2) is 24.5 Å². The molecule has 2 atom stereocenters. The SMILES string of the molecule is CCCCCCCCCCCCCCCCOCC1COC(COC(=O)N(C(C)=O)c2cc[n+](CC)cc2)C1.[I-]. The number of aromatic nitrogens is 1. The minimum Gasteiger partial charge on any atom is -1.00 e. The summed E-state index contributed by atoms with van der Waals surface area (Å²) in [5.41, 5.74) is 0.499. The van der Waals surface area contributed by atoms with Crippen LogP contribution >= 0.6 is 0 Å². The minimum atomic E-state index is -0.669. The number of carbonyl (C=O) groups is 2. The molecule has 0 bridgehead atoms. The van der Waals surface area contributed by atoms with E-state index in [0.717, 1.165) is 30.9 Å². The van der Waals surface area contributed by atoms with E-state index in [9.17, 15) is 9.59 Å². The lowest BCUT2D eigenvalue weighted by molar-refractivity contribution is -0.693. The lowest BCUT2D eigenvalue weighted by Gasteiger charge is -2.19. The maximum atomic E-state index is 12.6. The summed E-state index contributed by atoms with van der Waals surface area (Å²) in [4.78, 5) is 25.8. The fraction of sp³-hybridized carbons (Fsp3) is 0.781. The number of ether oxygens (including phenoxy) is 3. The molecule has 2 amide bonds. The highest BCUT2D eigenvalue weighted by Crippen LogP contribution is 2.21. The van der Waals surface area contributed by atoms with Gasteiger partial charge in [0.2, 0.25) is 5.91 Å². The second kappa shape index (κ2) is 23.3. The Morgan fingerprint density at radius 3 is 1.95 bits per heavy atom. The van der Waals surface area contributed by atoms with Gasteiger partial charge >= 0.3 is 6.09 Å². The predicted octanol–water partition coefficient (Wildman–Crippen LogP) is 4.39. The van der Waals surface area contributed by atoms with E-state index in [2.05, 4.69) is 6.92 Å². The topological polar surface area (TPSA) is 69.0 Å². The summed E-state index contributed by atoms with van der Waals surface area (Å²) in [6.45, 7) is 8.72. The minimum absolute atomic E-state index is 0. The number of nitrogens with zero attached hydrogens (tertiary/aromatic N) is 2. The monoisotopic (exact) mass is 674 g/mol. The van der Waals surface area contributed by atoms with Crippen LogP contribution in [0.4, 0.5) is 10.5 Å². The van der Waals surface area contributed by atoms with Crippen LogP contribution in [-0.2, 0) is 25.5 Å².